The Morgan fingerprint density at radius 3 is 2.10 bits per heavy atom. The van der Waals surface area contributed by atoms with E-state index in [0.717, 1.165) is 29.4 Å². The number of fused-ring (bicyclic) bond motifs is 2. The van der Waals surface area contributed by atoms with Gasteiger partial charge in [-0.05, 0) is 96.2 Å². The number of phenolic OH excluding ortho intramolecular Hbond substituents is 1. The lowest BCUT2D eigenvalue weighted by atomic mass is 9.74. The summed E-state index contributed by atoms with van der Waals surface area (Å²) in [5, 5.41) is 13.2. The van der Waals surface area contributed by atoms with Crippen LogP contribution in [0.3, 0.4) is 0 Å². The van der Waals surface area contributed by atoms with E-state index in [2.05, 4.69) is 62.4 Å². The van der Waals surface area contributed by atoms with Gasteiger partial charge < -0.3 is 9.84 Å². The smallest absolute Gasteiger partial charge is 0.164 e. The van der Waals surface area contributed by atoms with Crippen molar-refractivity contribution in [1.29, 1.82) is 0 Å². The number of allylic oxidation sites excluding steroid dienone is 2. The summed E-state index contributed by atoms with van der Waals surface area (Å²) in [6.45, 7) is 4.75. The molecular weight excluding hydrogens is 508 g/mol. The van der Waals surface area contributed by atoms with Gasteiger partial charge in [0.25, 0.3) is 0 Å². The fourth-order valence-corrected chi connectivity index (χ4v) is 9.75. The summed E-state index contributed by atoms with van der Waals surface area (Å²) >= 11 is 2.04. The number of phenols is 1. The standard InChI is InChI=1S/C37H44O2S/c1-36(2)21-19-25(20-22-36)28-15-9-10-16-29(28)30-17-18-33(38)32-23-34-35(24-31(30)32)40-37(39-34,26-11-5-3-6-12-26)27-13-7-4-8-14-27/h9-10,15-19,23-24,26-27,38H,3-8,11-14,20-22H2,1-2H3. The van der Waals surface area contributed by atoms with Crippen molar-refractivity contribution in [3.05, 3.63) is 60.2 Å². The van der Waals surface area contributed by atoms with Crippen LogP contribution in [0.5, 0.6) is 11.5 Å². The molecule has 0 bridgehead atoms. The molecule has 7 rings (SSSR count). The van der Waals surface area contributed by atoms with Crippen molar-refractivity contribution in [2.24, 2.45) is 17.3 Å². The average Bonchev–Trinajstić information content (AvgIpc) is 3.38. The first-order valence-corrected chi connectivity index (χ1v) is 16.7. The number of ether oxygens (including phenoxy) is 1. The van der Waals surface area contributed by atoms with Gasteiger partial charge in [0.05, 0.1) is 4.90 Å². The summed E-state index contributed by atoms with van der Waals surface area (Å²) in [6, 6.07) is 17.4. The molecule has 3 heteroatoms. The molecule has 0 saturated heterocycles. The van der Waals surface area contributed by atoms with E-state index < -0.39 is 0 Å². The SMILES string of the molecule is CC1(C)CC=C(c2ccccc2-c2ccc(O)c3cc4c(cc23)SC(C2CCCCC2)(C2CCCCC2)O4)CC1. The number of thioether (sulfide) groups is 1. The highest BCUT2D eigenvalue weighted by Crippen LogP contribution is 2.61. The van der Waals surface area contributed by atoms with Crippen molar-refractivity contribution in [2.45, 2.75) is 107 Å². The highest BCUT2D eigenvalue weighted by molar-refractivity contribution is 8.01. The lowest BCUT2D eigenvalue weighted by Gasteiger charge is -2.45. The molecule has 0 aromatic heterocycles. The first-order valence-electron chi connectivity index (χ1n) is 15.9. The molecule has 40 heavy (non-hydrogen) atoms. The lowest BCUT2D eigenvalue weighted by molar-refractivity contribution is 0.0132. The first kappa shape index (κ1) is 26.5. The molecule has 2 saturated carbocycles. The number of benzene rings is 3. The van der Waals surface area contributed by atoms with Crippen molar-refractivity contribution in [1.82, 2.24) is 0 Å². The molecule has 3 aromatic carbocycles. The van der Waals surface area contributed by atoms with Crippen molar-refractivity contribution in [3.63, 3.8) is 0 Å². The Kier molecular flexibility index (Phi) is 6.93. The molecule has 3 aliphatic carbocycles. The average molecular weight is 553 g/mol. The van der Waals surface area contributed by atoms with Gasteiger partial charge >= 0.3 is 0 Å². The molecule has 0 spiro atoms. The summed E-state index contributed by atoms with van der Waals surface area (Å²) in [5.41, 5.74) is 5.67. The van der Waals surface area contributed by atoms with E-state index in [4.69, 9.17) is 4.74 Å². The highest BCUT2D eigenvalue weighted by atomic mass is 32.2. The van der Waals surface area contributed by atoms with Crippen LogP contribution in [0.2, 0.25) is 0 Å². The van der Waals surface area contributed by atoms with E-state index in [1.54, 1.807) is 0 Å². The van der Waals surface area contributed by atoms with Crippen molar-refractivity contribution < 1.29 is 9.84 Å². The second kappa shape index (κ2) is 10.5. The summed E-state index contributed by atoms with van der Waals surface area (Å²) in [4.78, 5) is 1.13. The Morgan fingerprint density at radius 2 is 1.45 bits per heavy atom. The molecule has 1 N–H and O–H groups in total. The first-order chi connectivity index (χ1) is 19.4. The minimum Gasteiger partial charge on any atom is -0.507 e. The third-order valence-corrected chi connectivity index (χ3v) is 12.1. The van der Waals surface area contributed by atoms with E-state index in [-0.39, 0.29) is 4.93 Å². The normalized spacial score (nSPS) is 23.0. The Hall–Kier alpha value is -2.39. The molecule has 0 unspecified atom stereocenters. The van der Waals surface area contributed by atoms with Gasteiger partial charge in [-0.1, -0.05) is 101 Å². The molecule has 210 valence electrons. The fraction of sp³-hybridized carbons (Fsp3) is 0.514. The van der Waals surface area contributed by atoms with Gasteiger partial charge in [0.2, 0.25) is 0 Å². The third-order valence-electron chi connectivity index (χ3n) is 10.5. The van der Waals surface area contributed by atoms with E-state index in [9.17, 15) is 5.11 Å². The van der Waals surface area contributed by atoms with Crippen LogP contribution >= 0.6 is 11.8 Å². The summed E-state index contributed by atoms with van der Waals surface area (Å²) in [7, 11) is 0. The van der Waals surface area contributed by atoms with Gasteiger partial charge in [-0.15, -0.1) is 0 Å². The monoisotopic (exact) mass is 552 g/mol. The van der Waals surface area contributed by atoms with E-state index in [1.165, 1.54) is 97.8 Å². The maximum atomic E-state index is 11.1. The van der Waals surface area contributed by atoms with Crippen LogP contribution in [0.1, 0.15) is 103 Å². The van der Waals surface area contributed by atoms with E-state index >= 15 is 0 Å². The molecule has 3 aromatic rings. The zero-order valence-corrected chi connectivity index (χ0v) is 25.1. The van der Waals surface area contributed by atoms with Gasteiger partial charge in [-0.2, -0.15) is 0 Å². The molecular formula is C37H44O2S. The fourth-order valence-electron chi connectivity index (χ4n) is 8.09. The Bertz CT molecular complexity index is 1420. The number of rotatable bonds is 4. The molecule has 1 aliphatic heterocycles. The largest absolute Gasteiger partial charge is 0.507 e. The van der Waals surface area contributed by atoms with E-state index in [1.807, 2.05) is 17.8 Å². The molecule has 2 fully saturated rings. The topological polar surface area (TPSA) is 29.5 Å². The van der Waals surface area contributed by atoms with Crippen LogP contribution in [-0.4, -0.2) is 10.0 Å². The number of hydrogen-bond acceptors (Lipinski definition) is 3. The predicted octanol–water partition coefficient (Wildman–Crippen LogP) is 11.1. The van der Waals surface area contributed by atoms with Gasteiger partial charge in [0.1, 0.15) is 11.5 Å². The second-order valence-corrected chi connectivity index (χ2v) is 15.0. The van der Waals surface area contributed by atoms with Crippen LogP contribution in [0.25, 0.3) is 27.5 Å². The highest BCUT2D eigenvalue weighted by Gasteiger charge is 2.52. The van der Waals surface area contributed by atoms with Gasteiger partial charge in [0, 0.05) is 17.2 Å². The van der Waals surface area contributed by atoms with Crippen molar-refractivity contribution in [3.8, 4) is 22.6 Å². The van der Waals surface area contributed by atoms with Crippen LogP contribution in [0.15, 0.2) is 59.5 Å². The Balaban J connectivity index is 1.33. The second-order valence-electron chi connectivity index (χ2n) is 13.7. The predicted molar refractivity (Wildman–Crippen MR) is 169 cm³/mol. The van der Waals surface area contributed by atoms with E-state index in [0.29, 0.717) is 23.0 Å². The quantitative estimate of drug-likeness (QED) is 0.349. The molecule has 0 amide bonds. The molecule has 0 radical (unpaired) electrons. The zero-order valence-electron chi connectivity index (χ0n) is 24.3. The van der Waals surface area contributed by atoms with Crippen LogP contribution in [0, 0.1) is 17.3 Å². The third kappa shape index (κ3) is 4.67. The van der Waals surface area contributed by atoms with Crippen LogP contribution < -0.4 is 4.74 Å². The van der Waals surface area contributed by atoms with Gasteiger partial charge in [-0.3, -0.25) is 0 Å². The van der Waals surface area contributed by atoms with Gasteiger partial charge in [-0.25, -0.2) is 0 Å². The van der Waals surface area contributed by atoms with Crippen LogP contribution in [-0.2, 0) is 0 Å². The molecule has 0 atom stereocenters. The number of aromatic hydroxyl groups is 1. The molecule has 1 heterocycles. The van der Waals surface area contributed by atoms with Gasteiger partial charge in [0.15, 0.2) is 4.93 Å². The summed E-state index contributed by atoms with van der Waals surface area (Å²) in [6.07, 6.45) is 19.1. The maximum absolute atomic E-state index is 11.1. The molecule has 2 nitrogen and oxygen atoms in total. The summed E-state index contributed by atoms with van der Waals surface area (Å²) in [5.74, 6) is 2.56. The number of hydrogen-bond donors (Lipinski definition) is 1. The molecule has 4 aliphatic rings. The Morgan fingerprint density at radius 1 is 0.775 bits per heavy atom. The minimum absolute atomic E-state index is 0.145. The van der Waals surface area contributed by atoms with Crippen molar-refractivity contribution >= 4 is 28.1 Å². The van der Waals surface area contributed by atoms with Crippen LogP contribution in [0.4, 0.5) is 0 Å². The Labute approximate surface area is 244 Å². The maximum Gasteiger partial charge on any atom is 0.164 e. The lowest BCUT2D eigenvalue weighted by Crippen LogP contribution is -2.47. The zero-order chi connectivity index (χ0) is 27.3. The minimum atomic E-state index is -0.145. The summed E-state index contributed by atoms with van der Waals surface area (Å²) < 4.78 is 7.16. The van der Waals surface area contributed by atoms with Crippen molar-refractivity contribution in [2.75, 3.05) is 0 Å².